The summed E-state index contributed by atoms with van der Waals surface area (Å²) in [5.74, 6) is 2.04. The zero-order chi connectivity index (χ0) is 15.5. The molecule has 0 unspecified atom stereocenters. The number of ketones is 1. The Hall–Kier alpha value is -1.68. The number of aromatic nitrogens is 2. The van der Waals surface area contributed by atoms with E-state index in [0.29, 0.717) is 6.42 Å². The summed E-state index contributed by atoms with van der Waals surface area (Å²) in [4.78, 5) is 22.6. The number of fused-ring (bicyclic) bond motifs is 1. The smallest absolute Gasteiger partial charge is 0.164 e. The van der Waals surface area contributed by atoms with Gasteiger partial charge in [-0.25, -0.2) is 4.98 Å². The van der Waals surface area contributed by atoms with Crippen molar-refractivity contribution in [3.63, 3.8) is 0 Å². The third kappa shape index (κ3) is 3.38. The van der Waals surface area contributed by atoms with Gasteiger partial charge in [0.05, 0.1) is 11.0 Å². The molecule has 1 aromatic heterocycles. The quantitative estimate of drug-likeness (QED) is 0.861. The van der Waals surface area contributed by atoms with Crippen LogP contribution in [0.15, 0.2) is 18.2 Å². The number of rotatable bonds is 5. The fourth-order valence-electron chi connectivity index (χ4n) is 3.09. The molecular weight excluding hydrogens is 274 g/mol. The molecular formula is C18H25N3O. The van der Waals surface area contributed by atoms with E-state index in [1.807, 2.05) is 18.2 Å². The molecule has 0 aliphatic carbocycles. The van der Waals surface area contributed by atoms with Gasteiger partial charge in [0, 0.05) is 24.9 Å². The van der Waals surface area contributed by atoms with E-state index >= 15 is 0 Å². The molecule has 0 bridgehead atoms. The molecule has 0 radical (unpaired) electrons. The molecule has 4 heteroatoms. The van der Waals surface area contributed by atoms with Crippen LogP contribution in [0.25, 0.3) is 11.0 Å². The van der Waals surface area contributed by atoms with Gasteiger partial charge in [0.15, 0.2) is 5.78 Å². The van der Waals surface area contributed by atoms with Crippen molar-refractivity contribution in [1.29, 1.82) is 0 Å². The highest BCUT2D eigenvalue weighted by atomic mass is 16.1. The number of Topliss-reactive ketones (excluding diaryl/α,β-unsaturated/α-hetero) is 1. The number of nitrogens with one attached hydrogen (secondary N) is 1. The first kappa shape index (κ1) is 15.2. The molecule has 1 aliphatic rings. The lowest BCUT2D eigenvalue weighted by Crippen LogP contribution is -2.34. The highest BCUT2D eigenvalue weighted by molar-refractivity contribution is 5.99. The fourth-order valence-corrected chi connectivity index (χ4v) is 3.09. The van der Waals surface area contributed by atoms with Gasteiger partial charge in [0.1, 0.15) is 5.82 Å². The summed E-state index contributed by atoms with van der Waals surface area (Å²) in [5.41, 5.74) is 2.71. The van der Waals surface area contributed by atoms with E-state index in [1.165, 1.54) is 12.8 Å². The van der Waals surface area contributed by atoms with Crippen LogP contribution >= 0.6 is 0 Å². The summed E-state index contributed by atoms with van der Waals surface area (Å²) in [6.45, 7) is 7.53. The van der Waals surface area contributed by atoms with E-state index in [4.69, 9.17) is 0 Å². The molecule has 118 valence electrons. The fraction of sp³-hybridized carbons (Fsp3) is 0.556. The molecule has 0 spiro atoms. The van der Waals surface area contributed by atoms with Crippen molar-refractivity contribution < 1.29 is 4.79 Å². The largest absolute Gasteiger partial charge is 0.342 e. The molecule has 1 N–H and O–H groups in total. The van der Waals surface area contributed by atoms with Crippen LogP contribution < -0.4 is 0 Å². The summed E-state index contributed by atoms with van der Waals surface area (Å²) in [6.07, 6.45) is 4.00. The summed E-state index contributed by atoms with van der Waals surface area (Å²) in [7, 11) is 0. The van der Waals surface area contributed by atoms with Crippen LogP contribution in [0.2, 0.25) is 0 Å². The number of carbonyl (C=O) groups excluding carboxylic acids is 1. The number of aryl methyl sites for hydroxylation is 1. The molecule has 3 rings (SSSR count). The lowest BCUT2D eigenvalue weighted by Gasteiger charge is -2.29. The van der Waals surface area contributed by atoms with Crippen LogP contribution in [0.3, 0.4) is 0 Å². The zero-order valence-electron chi connectivity index (χ0n) is 13.6. The maximum Gasteiger partial charge on any atom is 0.164 e. The van der Waals surface area contributed by atoms with Crippen molar-refractivity contribution >= 4 is 16.8 Å². The van der Waals surface area contributed by atoms with Gasteiger partial charge in [0.25, 0.3) is 0 Å². The Balaban J connectivity index is 1.62. The summed E-state index contributed by atoms with van der Waals surface area (Å²) in [6, 6.07) is 5.80. The SMILES string of the molecule is CCc1nc2ccc(C(=O)CCN3CCC(C)CC3)cc2[nH]1. The van der Waals surface area contributed by atoms with Gasteiger partial charge in [-0.1, -0.05) is 13.8 Å². The Morgan fingerprint density at radius 3 is 2.86 bits per heavy atom. The molecule has 0 atom stereocenters. The van der Waals surface area contributed by atoms with Crippen molar-refractivity contribution in [3.05, 3.63) is 29.6 Å². The van der Waals surface area contributed by atoms with Gasteiger partial charge < -0.3 is 9.88 Å². The average molecular weight is 299 g/mol. The number of benzene rings is 1. The maximum absolute atomic E-state index is 12.4. The van der Waals surface area contributed by atoms with E-state index in [1.54, 1.807) is 0 Å². The number of H-pyrrole nitrogens is 1. The molecule has 0 saturated carbocycles. The van der Waals surface area contributed by atoms with Gasteiger partial charge in [-0.05, 0) is 50.0 Å². The Kier molecular flexibility index (Phi) is 4.57. The van der Waals surface area contributed by atoms with E-state index in [9.17, 15) is 4.79 Å². The van der Waals surface area contributed by atoms with Crippen molar-refractivity contribution in [3.8, 4) is 0 Å². The Labute approximate surface area is 131 Å². The van der Waals surface area contributed by atoms with E-state index in [0.717, 1.165) is 54.4 Å². The first-order valence-corrected chi connectivity index (χ1v) is 8.40. The monoisotopic (exact) mass is 299 g/mol. The molecule has 1 aromatic carbocycles. The van der Waals surface area contributed by atoms with Crippen LogP contribution in [-0.2, 0) is 6.42 Å². The summed E-state index contributed by atoms with van der Waals surface area (Å²) in [5, 5.41) is 0. The minimum atomic E-state index is 0.230. The molecule has 4 nitrogen and oxygen atoms in total. The number of piperidine rings is 1. The standard InChI is InChI=1S/C18H25N3O/c1-3-18-19-15-5-4-14(12-16(15)20-18)17(22)8-11-21-9-6-13(2)7-10-21/h4-5,12-13H,3,6-11H2,1-2H3,(H,19,20). The van der Waals surface area contributed by atoms with Crippen LogP contribution in [0.4, 0.5) is 0 Å². The minimum Gasteiger partial charge on any atom is -0.342 e. The van der Waals surface area contributed by atoms with Crippen molar-refractivity contribution in [2.24, 2.45) is 5.92 Å². The Morgan fingerprint density at radius 2 is 2.14 bits per heavy atom. The highest BCUT2D eigenvalue weighted by Gasteiger charge is 2.17. The minimum absolute atomic E-state index is 0.230. The molecule has 1 saturated heterocycles. The number of imidazole rings is 1. The van der Waals surface area contributed by atoms with Gasteiger partial charge in [-0.2, -0.15) is 0 Å². The van der Waals surface area contributed by atoms with Crippen LogP contribution in [0.1, 0.15) is 49.3 Å². The second-order valence-corrected chi connectivity index (χ2v) is 6.47. The van der Waals surface area contributed by atoms with Gasteiger partial charge >= 0.3 is 0 Å². The first-order valence-electron chi connectivity index (χ1n) is 8.40. The van der Waals surface area contributed by atoms with Crippen molar-refractivity contribution in [2.45, 2.75) is 39.5 Å². The number of carbonyl (C=O) groups is 1. The topological polar surface area (TPSA) is 49.0 Å². The van der Waals surface area contributed by atoms with Crippen LogP contribution in [0, 0.1) is 5.92 Å². The molecule has 22 heavy (non-hydrogen) atoms. The molecule has 2 aromatic rings. The average Bonchev–Trinajstić information content (AvgIpc) is 2.96. The molecule has 1 fully saturated rings. The number of likely N-dealkylation sites (tertiary alicyclic amines) is 1. The lowest BCUT2D eigenvalue weighted by atomic mass is 9.99. The highest BCUT2D eigenvalue weighted by Crippen LogP contribution is 2.18. The molecule has 0 amide bonds. The number of aromatic amines is 1. The maximum atomic E-state index is 12.4. The third-order valence-electron chi connectivity index (χ3n) is 4.72. The van der Waals surface area contributed by atoms with Crippen LogP contribution in [0.5, 0.6) is 0 Å². The second kappa shape index (κ2) is 6.61. The van der Waals surface area contributed by atoms with Crippen molar-refractivity contribution in [1.82, 2.24) is 14.9 Å². The third-order valence-corrected chi connectivity index (χ3v) is 4.72. The van der Waals surface area contributed by atoms with Gasteiger partial charge in [-0.15, -0.1) is 0 Å². The second-order valence-electron chi connectivity index (χ2n) is 6.47. The van der Waals surface area contributed by atoms with Crippen molar-refractivity contribution in [2.75, 3.05) is 19.6 Å². The summed E-state index contributed by atoms with van der Waals surface area (Å²) < 4.78 is 0. The number of nitrogens with zero attached hydrogens (tertiary/aromatic N) is 2. The van der Waals surface area contributed by atoms with E-state index < -0.39 is 0 Å². The number of hydrogen-bond acceptors (Lipinski definition) is 3. The molecule has 1 aliphatic heterocycles. The van der Waals surface area contributed by atoms with E-state index in [-0.39, 0.29) is 5.78 Å². The predicted octanol–water partition coefficient (Wildman–Crippen LogP) is 3.43. The Morgan fingerprint density at radius 1 is 1.36 bits per heavy atom. The summed E-state index contributed by atoms with van der Waals surface area (Å²) >= 11 is 0. The van der Waals surface area contributed by atoms with Gasteiger partial charge in [0.2, 0.25) is 0 Å². The Bertz CT molecular complexity index is 653. The predicted molar refractivity (Wildman–Crippen MR) is 89.3 cm³/mol. The number of hydrogen-bond donors (Lipinski definition) is 1. The normalized spacial score (nSPS) is 17.2. The van der Waals surface area contributed by atoms with Crippen LogP contribution in [-0.4, -0.2) is 40.3 Å². The van der Waals surface area contributed by atoms with E-state index in [2.05, 4.69) is 28.7 Å². The zero-order valence-corrected chi connectivity index (χ0v) is 13.6. The first-order chi connectivity index (χ1) is 10.7. The van der Waals surface area contributed by atoms with Gasteiger partial charge in [-0.3, -0.25) is 4.79 Å². The lowest BCUT2D eigenvalue weighted by molar-refractivity contribution is 0.0953. The molecule has 2 heterocycles.